The molecule has 0 amide bonds. The van der Waals surface area contributed by atoms with Gasteiger partial charge in [0.15, 0.2) is 23.0 Å². The molecule has 1 saturated heterocycles. The van der Waals surface area contributed by atoms with Crippen molar-refractivity contribution < 1.29 is 18.9 Å². The summed E-state index contributed by atoms with van der Waals surface area (Å²) in [5.74, 6) is 2.91. The Morgan fingerprint density at radius 3 is 1.97 bits per heavy atom. The highest BCUT2D eigenvalue weighted by atomic mass is 79.9. The normalized spacial score (nSPS) is 16.9. The molecule has 1 aliphatic rings. The number of methoxy groups -OCH3 is 4. The monoisotopic (exact) mass is 473 g/mol. The van der Waals surface area contributed by atoms with Gasteiger partial charge in [-0.15, -0.1) is 0 Å². The molecule has 0 N–H and O–H groups in total. The van der Waals surface area contributed by atoms with Gasteiger partial charge in [0.1, 0.15) is 0 Å². The van der Waals surface area contributed by atoms with Crippen LogP contribution in [0.25, 0.3) is 21.5 Å². The van der Waals surface area contributed by atoms with Crippen molar-refractivity contribution in [2.75, 3.05) is 40.3 Å². The van der Waals surface area contributed by atoms with Crippen molar-refractivity contribution in [2.45, 2.75) is 25.4 Å². The van der Waals surface area contributed by atoms with Crippen LogP contribution in [0.3, 0.4) is 0 Å². The molecule has 0 saturated carbocycles. The smallest absolute Gasteiger partial charge is 0.161 e. The Bertz CT molecular complexity index is 1070. The fraction of sp³-hybridized carbons (Fsp3) is 0.417. The Hall–Kier alpha value is -2.18. The fourth-order valence-electron chi connectivity index (χ4n) is 4.51. The third kappa shape index (κ3) is 3.67. The van der Waals surface area contributed by atoms with Crippen LogP contribution in [-0.4, -0.2) is 51.3 Å². The number of halogens is 1. The lowest BCUT2D eigenvalue weighted by atomic mass is 9.95. The molecule has 0 radical (unpaired) electrons. The van der Waals surface area contributed by atoms with Crippen LogP contribution in [0.1, 0.15) is 18.4 Å². The molecule has 0 aromatic heterocycles. The molecule has 1 heterocycles. The lowest BCUT2D eigenvalue weighted by Gasteiger charge is -2.24. The summed E-state index contributed by atoms with van der Waals surface area (Å²) in [6.45, 7) is 2.02. The van der Waals surface area contributed by atoms with Crippen LogP contribution in [0.4, 0.5) is 0 Å². The highest BCUT2D eigenvalue weighted by Crippen LogP contribution is 2.41. The minimum absolute atomic E-state index is 0.571. The van der Waals surface area contributed by atoms with Crippen molar-refractivity contribution in [1.82, 2.24) is 4.90 Å². The van der Waals surface area contributed by atoms with E-state index in [-0.39, 0.29) is 0 Å². The SMILES string of the molecule is COc1cc2cc(CN3CCC[C@H]3CBr)c3cc(OC)c(OC)cc3c2cc1OC. The van der Waals surface area contributed by atoms with Gasteiger partial charge in [-0.1, -0.05) is 15.9 Å². The molecule has 1 atom stereocenters. The number of alkyl halides is 1. The number of rotatable bonds is 7. The van der Waals surface area contributed by atoms with Crippen LogP contribution < -0.4 is 18.9 Å². The molecule has 0 bridgehead atoms. The first kappa shape index (κ1) is 21.1. The van der Waals surface area contributed by atoms with Crippen LogP contribution in [-0.2, 0) is 6.54 Å². The van der Waals surface area contributed by atoms with Gasteiger partial charge in [-0.2, -0.15) is 0 Å². The van der Waals surface area contributed by atoms with Gasteiger partial charge in [-0.3, -0.25) is 4.90 Å². The van der Waals surface area contributed by atoms with E-state index in [1.165, 1.54) is 23.8 Å². The number of likely N-dealkylation sites (tertiary alicyclic amines) is 1. The van der Waals surface area contributed by atoms with Crippen molar-refractivity contribution >= 4 is 37.5 Å². The van der Waals surface area contributed by atoms with Crippen LogP contribution in [0.2, 0.25) is 0 Å². The third-order valence-electron chi connectivity index (χ3n) is 6.10. The number of benzene rings is 3. The van der Waals surface area contributed by atoms with Crippen LogP contribution in [0.15, 0.2) is 30.3 Å². The summed E-state index contributed by atoms with van der Waals surface area (Å²) in [7, 11) is 6.69. The van der Waals surface area contributed by atoms with Gasteiger partial charge in [0.2, 0.25) is 0 Å². The molecule has 30 heavy (non-hydrogen) atoms. The number of ether oxygens (including phenoxy) is 4. The summed E-state index contributed by atoms with van der Waals surface area (Å²) in [6.07, 6.45) is 2.48. The zero-order valence-electron chi connectivity index (χ0n) is 18.0. The maximum Gasteiger partial charge on any atom is 0.161 e. The van der Waals surface area contributed by atoms with E-state index in [0.717, 1.165) is 51.8 Å². The molecule has 0 spiro atoms. The Morgan fingerprint density at radius 1 is 0.800 bits per heavy atom. The zero-order chi connectivity index (χ0) is 21.3. The first-order valence-corrected chi connectivity index (χ1v) is 11.3. The minimum Gasteiger partial charge on any atom is -0.493 e. The van der Waals surface area contributed by atoms with Crippen LogP contribution in [0, 0.1) is 0 Å². The quantitative estimate of drug-likeness (QED) is 0.340. The lowest BCUT2D eigenvalue weighted by molar-refractivity contribution is 0.266. The van der Waals surface area contributed by atoms with Gasteiger partial charge >= 0.3 is 0 Å². The Balaban J connectivity index is 1.98. The van der Waals surface area contributed by atoms with Gasteiger partial charge in [-0.05, 0) is 76.8 Å². The molecule has 160 valence electrons. The standard InChI is InChI=1S/C24H28BrNO4/c1-27-21-9-15-8-16(14-26-7-5-6-17(26)13-25)19-11-23(29-3)24(30-4)12-20(19)18(15)10-22(21)28-2/h8-12,17H,5-7,13-14H2,1-4H3/t17-/m0/s1. The average Bonchev–Trinajstić information content (AvgIpc) is 3.24. The first-order valence-electron chi connectivity index (χ1n) is 10.2. The minimum atomic E-state index is 0.571. The number of nitrogens with zero attached hydrogens (tertiary/aromatic N) is 1. The van der Waals surface area contributed by atoms with E-state index in [2.05, 4.69) is 45.1 Å². The van der Waals surface area contributed by atoms with Gasteiger partial charge < -0.3 is 18.9 Å². The molecule has 0 unspecified atom stereocenters. The number of fused-ring (bicyclic) bond motifs is 3. The highest BCUT2D eigenvalue weighted by molar-refractivity contribution is 9.09. The summed E-state index contributed by atoms with van der Waals surface area (Å²) < 4.78 is 22.3. The molecule has 6 heteroatoms. The summed E-state index contributed by atoms with van der Waals surface area (Å²) in [5.41, 5.74) is 1.28. The Morgan fingerprint density at radius 2 is 1.37 bits per heavy atom. The lowest BCUT2D eigenvalue weighted by Crippen LogP contribution is -2.30. The van der Waals surface area contributed by atoms with E-state index in [1.54, 1.807) is 28.4 Å². The average molecular weight is 474 g/mol. The molecule has 3 aromatic rings. The molecular weight excluding hydrogens is 446 g/mol. The maximum absolute atomic E-state index is 5.61. The van der Waals surface area contributed by atoms with Crippen molar-refractivity contribution in [3.8, 4) is 23.0 Å². The van der Waals surface area contributed by atoms with Gasteiger partial charge in [0.05, 0.1) is 28.4 Å². The van der Waals surface area contributed by atoms with Crippen molar-refractivity contribution in [3.05, 3.63) is 35.9 Å². The molecule has 0 aliphatic carbocycles. The van der Waals surface area contributed by atoms with Gasteiger partial charge in [-0.25, -0.2) is 0 Å². The molecule has 4 rings (SSSR count). The topological polar surface area (TPSA) is 40.2 Å². The molecule has 5 nitrogen and oxygen atoms in total. The van der Waals surface area contributed by atoms with E-state index >= 15 is 0 Å². The first-order chi connectivity index (χ1) is 14.6. The van der Waals surface area contributed by atoms with Gasteiger partial charge in [0.25, 0.3) is 0 Å². The summed E-state index contributed by atoms with van der Waals surface area (Å²) in [4.78, 5) is 2.56. The predicted molar refractivity (Wildman–Crippen MR) is 125 cm³/mol. The predicted octanol–water partition coefficient (Wildman–Crippen LogP) is 5.39. The Kier molecular flexibility index (Phi) is 6.25. The van der Waals surface area contributed by atoms with E-state index in [9.17, 15) is 0 Å². The van der Waals surface area contributed by atoms with E-state index in [4.69, 9.17) is 18.9 Å². The van der Waals surface area contributed by atoms with E-state index in [1.807, 2.05) is 6.07 Å². The van der Waals surface area contributed by atoms with Crippen LogP contribution in [0.5, 0.6) is 23.0 Å². The number of hydrogen-bond donors (Lipinski definition) is 0. The highest BCUT2D eigenvalue weighted by Gasteiger charge is 2.25. The zero-order valence-corrected chi connectivity index (χ0v) is 19.5. The summed E-state index contributed by atoms with van der Waals surface area (Å²) >= 11 is 3.69. The summed E-state index contributed by atoms with van der Waals surface area (Å²) in [6, 6.07) is 11.1. The van der Waals surface area contributed by atoms with Crippen molar-refractivity contribution in [3.63, 3.8) is 0 Å². The third-order valence-corrected chi connectivity index (χ3v) is 6.84. The Labute approximate surface area is 186 Å². The van der Waals surface area contributed by atoms with E-state index < -0.39 is 0 Å². The molecular formula is C24H28BrNO4. The van der Waals surface area contributed by atoms with Crippen LogP contribution >= 0.6 is 15.9 Å². The van der Waals surface area contributed by atoms with E-state index in [0.29, 0.717) is 11.8 Å². The summed E-state index contributed by atoms with van der Waals surface area (Å²) in [5, 5.41) is 5.52. The fourth-order valence-corrected chi connectivity index (χ4v) is 5.24. The second kappa shape index (κ2) is 8.90. The second-order valence-electron chi connectivity index (χ2n) is 7.64. The number of hydrogen-bond acceptors (Lipinski definition) is 5. The van der Waals surface area contributed by atoms with Crippen molar-refractivity contribution in [1.29, 1.82) is 0 Å². The maximum atomic E-state index is 5.61. The van der Waals surface area contributed by atoms with Crippen molar-refractivity contribution in [2.24, 2.45) is 0 Å². The molecule has 1 aliphatic heterocycles. The molecule has 1 fully saturated rings. The van der Waals surface area contributed by atoms with Gasteiger partial charge in [0, 0.05) is 17.9 Å². The second-order valence-corrected chi connectivity index (χ2v) is 8.29. The largest absolute Gasteiger partial charge is 0.493 e. The molecule has 3 aromatic carbocycles.